The van der Waals surface area contributed by atoms with E-state index in [2.05, 4.69) is 5.32 Å². The summed E-state index contributed by atoms with van der Waals surface area (Å²) in [6.07, 6.45) is -7.71. The summed E-state index contributed by atoms with van der Waals surface area (Å²) in [5.74, 6) is -2.56. The first-order valence-corrected chi connectivity index (χ1v) is 9.83. The maximum Gasteiger partial charge on any atom is 0.409 e. The van der Waals surface area contributed by atoms with Gasteiger partial charge in [-0.15, -0.1) is 0 Å². The highest BCUT2D eigenvalue weighted by Crippen LogP contribution is 2.44. The van der Waals surface area contributed by atoms with Crippen LogP contribution in [0, 0.1) is 0 Å². The molecule has 0 radical (unpaired) electrons. The van der Waals surface area contributed by atoms with Crippen LogP contribution in [0.5, 0.6) is 0 Å². The van der Waals surface area contributed by atoms with Gasteiger partial charge in [-0.05, 0) is 22.3 Å². The number of fused-ring (bicyclic) bond motifs is 3. The van der Waals surface area contributed by atoms with E-state index in [4.69, 9.17) is 9.84 Å². The number of hydrogen-bond donors (Lipinski definition) is 3. The third-order valence-corrected chi connectivity index (χ3v) is 5.08. The molecule has 2 amide bonds. The number of carboxylic acids is 1. The maximum absolute atomic E-state index is 13.3. The number of ether oxygens (including phenoxy) is 1. The molecule has 0 aromatic heterocycles. The van der Waals surface area contributed by atoms with Crippen molar-refractivity contribution in [2.45, 2.75) is 31.0 Å². The summed E-state index contributed by atoms with van der Waals surface area (Å²) in [5, 5.41) is 12.3. The molecule has 0 saturated carbocycles. The van der Waals surface area contributed by atoms with E-state index in [0.717, 1.165) is 22.3 Å². The standard InChI is InChI=1S/C22H21F3N2O5/c23-22(24,25)18(11-19(28)26-10-9-20(29)30)27-21(31)32-12-17-15-7-3-1-5-13(15)14-6-2-4-8-16(14)17/h1-8,17-18H,9-12H2,(H,26,28)(H,27,31)(H,29,30). The van der Waals surface area contributed by atoms with Gasteiger partial charge in [-0.2, -0.15) is 13.2 Å². The minimum Gasteiger partial charge on any atom is -0.481 e. The molecule has 0 spiro atoms. The fourth-order valence-corrected chi connectivity index (χ4v) is 3.60. The van der Waals surface area contributed by atoms with Crippen LogP contribution in [0.4, 0.5) is 18.0 Å². The van der Waals surface area contributed by atoms with Crippen LogP contribution in [-0.2, 0) is 14.3 Å². The first-order chi connectivity index (χ1) is 15.2. The number of amides is 2. The summed E-state index contributed by atoms with van der Waals surface area (Å²) in [4.78, 5) is 34.3. The van der Waals surface area contributed by atoms with Gasteiger partial charge in [0, 0.05) is 12.5 Å². The SMILES string of the molecule is O=C(O)CCNC(=O)CC(NC(=O)OCC1c2ccccc2-c2ccccc21)C(F)(F)F. The number of nitrogens with one attached hydrogen (secondary N) is 2. The third-order valence-electron chi connectivity index (χ3n) is 5.08. The number of carboxylic acid groups (broad SMARTS) is 1. The van der Waals surface area contributed by atoms with E-state index >= 15 is 0 Å². The van der Waals surface area contributed by atoms with Crippen molar-refractivity contribution < 1.29 is 37.4 Å². The zero-order valence-corrected chi connectivity index (χ0v) is 16.8. The van der Waals surface area contributed by atoms with Gasteiger partial charge in [0.1, 0.15) is 12.6 Å². The van der Waals surface area contributed by atoms with Crippen molar-refractivity contribution >= 4 is 18.0 Å². The molecule has 10 heteroatoms. The molecule has 0 aliphatic heterocycles. The van der Waals surface area contributed by atoms with E-state index in [-0.39, 0.29) is 19.1 Å². The van der Waals surface area contributed by atoms with Crippen molar-refractivity contribution in [1.29, 1.82) is 0 Å². The average molecular weight is 450 g/mol. The van der Waals surface area contributed by atoms with Gasteiger partial charge in [0.25, 0.3) is 0 Å². The number of carbonyl (C=O) groups is 3. The minimum absolute atomic E-state index is 0.171. The van der Waals surface area contributed by atoms with Gasteiger partial charge in [-0.1, -0.05) is 48.5 Å². The summed E-state index contributed by atoms with van der Waals surface area (Å²) in [7, 11) is 0. The topological polar surface area (TPSA) is 105 Å². The van der Waals surface area contributed by atoms with E-state index < -0.39 is 43.0 Å². The maximum atomic E-state index is 13.3. The molecule has 0 heterocycles. The van der Waals surface area contributed by atoms with Crippen molar-refractivity contribution in [3.05, 3.63) is 59.7 Å². The van der Waals surface area contributed by atoms with Crippen molar-refractivity contribution in [1.82, 2.24) is 10.6 Å². The van der Waals surface area contributed by atoms with Crippen LogP contribution < -0.4 is 10.6 Å². The van der Waals surface area contributed by atoms with Crippen LogP contribution in [0.2, 0.25) is 0 Å². The van der Waals surface area contributed by atoms with Crippen LogP contribution in [0.3, 0.4) is 0 Å². The second-order valence-corrected chi connectivity index (χ2v) is 7.26. The number of hydrogen-bond acceptors (Lipinski definition) is 4. The molecule has 3 rings (SSSR count). The highest BCUT2D eigenvalue weighted by atomic mass is 19.4. The highest BCUT2D eigenvalue weighted by molar-refractivity contribution is 5.80. The first kappa shape index (κ1) is 23.1. The molecule has 1 unspecified atom stereocenters. The van der Waals surface area contributed by atoms with Gasteiger partial charge in [0.05, 0.1) is 12.8 Å². The van der Waals surface area contributed by atoms with Gasteiger partial charge in [-0.3, -0.25) is 9.59 Å². The number of benzene rings is 2. The molecular weight excluding hydrogens is 429 g/mol. The molecule has 2 aromatic carbocycles. The van der Waals surface area contributed by atoms with Crippen molar-refractivity contribution in [3.63, 3.8) is 0 Å². The largest absolute Gasteiger partial charge is 0.481 e. The zero-order chi connectivity index (χ0) is 23.3. The number of halogens is 3. The molecule has 0 fully saturated rings. The average Bonchev–Trinajstić information content (AvgIpc) is 3.05. The zero-order valence-electron chi connectivity index (χ0n) is 16.8. The predicted octanol–water partition coefficient (Wildman–Crippen LogP) is 3.44. The normalized spacial score (nSPS) is 13.6. The second-order valence-electron chi connectivity index (χ2n) is 7.26. The molecule has 170 valence electrons. The molecule has 3 N–H and O–H groups in total. The van der Waals surface area contributed by atoms with Crippen LogP contribution in [0.1, 0.15) is 29.9 Å². The molecule has 32 heavy (non-hydrogen) atoms. The van der Waals surface area contributed by atoms with Gasteiger partial charge in [-0.25, -0.2) is 4.79 Å². The molecule has 1 atom stereocenters. The fraction of sp³-hybridized carbons (Fsp3) is 0.318. The Balaban J connectivity index is 1.61. The smallest absolute Gasteiger partial charge is 0.409 e. The van der Waals surface area contributed by atoms with Gasteiger partial charge in [0.15, 0.2) is 0 Å². The number of aliphatic carboxylic acids is 1. The number of alkyl carbamates (subject to hydrolysis) is 1. The fourth-order valence-electron chi connectivity index (χ4n) is 3.60. The van der Waals surface area contributed by atoms with Gasteiger partial charge < -0.3 is 20.5 Å². The summed E-state index contributed by atoms with van der Waals surface area (Å²) in [5.41, 5.74) is 3.77. The lowest BCUT2D eigenvalue weighted by Crippen LogP contribution is -2.48. The van der Waals surface area contributed by atoms with Crippen LogP contribution >= 0.6 is 0 Å². The van der Waals surface area contributed by atoms with E-state index in [1.807, 2.05) is 48.5 Å². The van der Waals surface area contributed by atoms with Crippen molar-refractivity contribution in [2.75, 3.05) is 13.2 Å². The van der Waals surface area contributed by atoms with Gasteiger partial charge in [0.2, 0.25) is 5.91 Å². The Morgan fingerprint density at radius 3 is 2.09 bits per heavy atom. The molecule has 1 aliphatic rings. The monoisotopic (exact) mass is 450 g/mol. The molecule has 0 saturated heterocycles. The Morgan fingerprint density at radius 1 is 1.00 bits per heavy atom. The first-order valence-electron chi connectivity index (χ1n) is 9.83. The summed E-state index contributed by atoms with van der Waals surface area (Å²) in [6.45, 7) is -0.487. The van der Waals surface area contributed by atoms with E-state index in [9.17, 15) is 27.6 Å². The lowest BCUT2D eigenvalue weighted by Gasteiger charge is -2.22. The highest BCUT2D eigenvalue weighted by Gasteiger charge is 2.42. The summed E-state index contributed by atoms with van der Waals surface area (Å²) in [6, 6.07) is 12.6. The van der Waals surface area contributed by atoms with Crippen molar-refractivity contribution in [3.8, 4) is 11.1 Å². The summed E-state index contributed by atoms with van der Waals surface area (Å²) < 4.78 is 44.9. The molecular formula is C22H21F3N2O5. The molecule has 2 aromatic rings. The third kappa shape index (κ3) is 5.57. The molecule has 7 nitrogen and oxygen atoms in total. The van der Waals surface area contributed by atoms with Gasteiger partial charge >= 0.3 is 18.2 Å². The lowest BCUT2D eigenvalue weighted by molar-refractivity contribution is -0.160. The Morgan fingerprint density at radius 2 is 1.56 bits per heavy atom. The lowest BCUT2D eigenvalue weighted by atomic mass is 9.98. The van der Waals surface area contributed by atoms with Crippen molar-refractivity contribution in [2.24, 2.45) is 0 Å². The Labute approximate surface area is 181 Å². The van der Waals surface area contributed by atoms with Crippen LogP contribution in [0.15, 0.2) is 48.5 Å². The Bertz CT molecular complexity index is 964. The molecule has 0 bridgehead atoms. The minimum atomic E-state index is -4.89. The number of alkyl halides is 3. The quantitative estimate of drug-likeness (QED) is 0.572. The number of carbonyl (C=O) groups excluding carboxylic acids is 2. The Hall–Kier alpha value is -3.56. The van der Waals surface area contributed by atoms with Crippen LogP contribution in [0.25, 0.3) is 11.1 Å². The predicted molar refractivity (Wildman–Crippen MR) is 108 cm³/mol. The van der Waals surface area contributed by atoms with E-state index in [1.165, 1.54) is 0 Å². The van der Waals surface area contributed by atoms with E-state index in [0.29, 0.717) is 0 Å². The van der Waals surface area contributed by atoms with E-state index in [1.54, 1.807) is 5.32 Å². The molecule has 1 aliphatic carbocycles. The number of rotatable bonds is 8. The second kappa shape index (κ2) is 9.71. The van der Waals surface area contributed by atoms with Crippen LogP contribution in [-0.4, -0.2) is 48.4 Å². The Kier molecular flexibility index (Phi) is 7.01. The summed E-state index contributed by atoms with van der Waals surface area (Å²) >= 11 is 0.